The molecule has 3 heteroatoms. The van der Waals surface area contributed by atoms with E-state index in [-0.39, 0.29) is 5.41 Å². The van der Waals surface area contributed by atoms with Crippen molar-refractivity contribution in [3.8, 4) is 0 Å². The molecule has 0 fully saturated rings. The smallest absolute Gasteiger partial charge is 0.114 e. The van der Waals surface area contributed by atoms with E-state index in [0.29, 0.717) is 12.5 Å². The summed E-state index contributed by atoms with van der Waals surface area (Å²) in [5.74, 6) is 1.43. The number of benzene rings is 1. The van der Waals surface area contributed by atoms with E-state index in [4.69, 9.17) is 10.7 Å². The van der Waals surface area contributed by atoms with Crippen LogP contribution in [0.15, 0.2) is 18.2 Å². The second kappa shape index (κ2) is 4.97. The molecule has 0 saturated heterocycles. The van der Waals surface area contributed by atoms with Crippen LogP contribution >= 0.6 is 0 Å². The summed E-state index contributed by atoms with van der Waals surface area (Å²) in [6.45, 7) is 9.54. The predicted octanol–water partition coefficient (Wildman–Crippen LogP) is 3.36. The number of fused-ring (bicyclic) bond motifs is 1. The summed E-state index contributed by atoms with van der Waals surface area (Å²) in [6.07, 6.45) is 1.06. The van der Waals surface area contributed by atoms with Crippen LogP contribution in [0.3, 0.4) is 0 Å². The third-order valence-electron chi connectivity index (χ3n) is 3.64. The van der Waals surface area contributed by atoms with Gasteiger partial charge in [0.15, 0.2) is 0 Å². The van der Waals surface area contributed by atoms with Gasteiger partial charge in [0.2, 0.25) is 0 Å². The Bertz CT molecular complexity index is 575. The van der Waals surface area contributed by atoms with Gasteiger partial charge in [0.05, 0.1) is 11.0 Å². The molecule has 0 aliphatic rings. The Hall–Kier alpha value is -1.35. The lowest BCUT2D eigenvalue weighted by atomic mass is 9.84. The maximum absolute atomic E-state index is 5.99. The fraction of sp³-hybridized carbons (Fsp3) is 0.562. The summed E-state index contributed by atoms with van der Waals surface area (Å²) in [7, 11) is 2.10. The number of aryl methyl sites for hydroxylation is 2. The van der Waals surface area contributed by atoms with Gasteiger partial charge < -0.3 is 10.3 Å². The standard InChI is InChI=1S/C16H25N3/c1-11-7-6-8-13-14(11)19(5)15(18-13)12(10-17)9-16(2,3)4/h6-8,12H,9-10,17H2,1-5H3. The molecular weight excluding hydrogens is 234 g/mol. The zero-order valence-electron chi connectivity index (χ0n) is 12.7. The summed E-state index contributed by atoms with van der Waals surface area (Å²) >= 11 is 0. The lowest BCUT2D eigenvalue weighted by molar-refractivity contribution is 0.333. The second-order valence-electron chi connectivity index (χ2n) is 6.67. The molecule has 104 valence electrons. The molecule has 3 nitrogen and oxygen atoms in total. The number of hydrogen-bond donors (Lipinski definition) is 1. The zero-order chi connectivity index (χ0) is 14.2. The van der Waals surface area contributed by atoms with Crippen molar-refractivity contribution in [1.29, 1.82) is 0 Å². The van der Waals surface area contributed by atoms with E-state index >= 15 is 0 Å². The maximum Gasteiger partial charge on any atom is 0.114 e. The molecule has 0 aliphatic carbocycles. The van der Waals surface area contributed by atoms with Gasteiger partial charge >= 0.3 is 0 Å². The maximum atomic E-state index is 5.99. The zero-order valence-corrected chi connectivity index (χ0v) is 12.7. The van der Waals surface area contributed by atoms with Gasteiger partial charge in [-0.2, -0.15) is 0 Å². The van der Waals surface area contributed by atoms with E-state index in [2.05, 4.69) is 57.5 Å². The molecule has 19 heavy (non-hydrogen) atoms. The quantitative estimate of drug-likeness (QED) is 0.918. The van der Waals surface area contributed by atoms with Crippen LogP contribution in [-0.4, -0.2) is 16.1 Å². The molecule has 1 heterocycles. The highest BCUT2D eigenvalue weighted by atomic mass is 15.1. The molecule has 2 N–H and O–H groups in total. The van der Waals surface area contributed by atoms with Crippen molar-refractivity contribution in [1.82, 2.24) is 9.55 Å². The summed E-state index contributed by atoms with van der Waals surface area (Å²) in [4.78, 5) is 4.81. The first-order valence-electron chi connectivity index (χ1n) is 6.95. The number of nitrogens with two attached hydrogens (primary N) is 1. The van der Waals surface area contributed by atoms with Crippen molar-refractivity contribution < 1.29 is 0 Å². The van der Waals surface area contributed by atoms with E-state index in [0.717, 1.165) is 17.8 Å². The van der Waals surface area contributed by atoms with Gasteiger partial charge in [0.1, 0.15) is 5.82 Å². The Morgan fingerprint density at radius 1 is 1.32 bits per heavy atom. The average molecular weight is 259 g/mol. The van der Waals surface area contributed by atoms with Gasteiger partial charge in [-0.3, -0.25) is 0 Å². The lowest BCUT2D eigenvalue weighted by Gasteiger charge is -2.24. The van der Waals surface area contributed by atoms with Crippen molar-refractivity contribution in [3.05, 3.63) is 29.6 Å². The van der Waals surface area contributed by atoms with Gasteiger partial charge in [-0.05, 0) is 30.4 Å². The van der Waals surface area contributed by atoms with Crippen LogP contribution in [0, 0.1) is 12.3 Å². The van der Waals surface area contributed by atoms with Crippen LogP contribution in [-0.2, 0) is 7.05 Å². The molecular formula is C16H25N3. The minimum absolute atomic E-state index is 0.261. The van der Waals surface area contributed by atoms with Gasteiger partial charge in [-0.25, -0.2) is 4.98 Å². The molecule has 0 spiro atoms. The number of hydrogen-bond acceptors (Lipinski definition) is 2. The topological polar surface area (TPSA) is 43.8 Å². The first kappa shape index (κ1) is 14.1. The fourth-order valence-corrected chi connectivity index (χ4v) is 2.87. The first-order chi connectivity index (χ1) is 8.83. The van der Waals surface area contributed by atoms with Crippen LogP contribution in [0.2, 0.25) is 0 Å². The lowest BCUT2D eigenvalue weighted by Crippen LogP contribution is -2.22. The van der Waals surface area contributed by atoms with Crippen LogP contribution < -0.4 is 5.73 Å². The van der Waals surface area contributed by atoms with Crippen LogP contribution in [0.25, 0.3) is 11.0 Å². The molecule has 2 aromatic rings. The predicted molar refractivity (Wildman–Crippen MR) is 81.3 cm³/mol. The summed E-state index contributed by atoms with van der Waals surface area (Å²) in [5, 5.41) is 0. The normalized spacial score (nSPS) is 14.0. The largest absolute Gasteiger partial charge is 0.331 e. The average Bonchev–Trinajstić information content (AvgIpc) is 2.64. The molecule has 2 rings (SSSR count). The second-order valence-corrected chi connectivity index (χ2v) is 6.67. The van der Waals surface area contributed by atoms with Crippen molar-refractivity contribution in [2.75, 3.05) is 6.54 Å². The summed E-state index contributed by atoms with van der Waals surface area (Å²) in [6, 6.07) is 6.28. The van der Waals surface area contributed by atoms with Crippen LogP contribution in [0.1, 0.15) is 44.5 Å². The molecule has 1 aromatic carbocycles. The molecule has 0 saturated carbocycles. The first-order valence-corrected chi connectivity index (χ1v) is 6.95. The van der Waals surface area contributed by atoms with E-state index < -0.39 is 0 Å². The van der Waals surface area contributed by atoms with Crippen LogP contribution in [0.4, 0.5) is 0 Å². The van der Waals surface area contributed by atoms with Crippen molar-refractivity contribution in [3.63, 3.8) is 0 Å². The number of aromatic nitrogens is 2. The summed E-state index contributed by atoms with van der Waals surface area (Å²) in [5.41, 5.74) is 9.82. The monoisotopic (exact) mass is 259 g/mol. The highest BCUT2D eigenvalue weighted by Gasteiger charge is 2.23. The van der Waals surface area contributed by atoms with Gasteiger partial charge in [0.25, 0.3) is 0 Å². The van der Waals surface area contributed by atoms with E-state index in [9.17, 15) is 0 Å². The Morgan fingerprint density at radius 2 is 2.00 bits per heavy atom. The van der Waals surface area contributed by atoms with E-state index in [1.165, 1.54) is 11.1 Å². The third-order valence-corrected chi connectivity index (χ3v) is 3.64. The van der Waals surface area contributed by atoms with Gasteiger partial charge in [-0.1, -0.05) is 32.9 Å². The fourth-order valence-electron chi connectivity index (χ4n) is 2.87. The molecule has 0 aliphatic heterocycles. The van der Waals surface area contributed by atoms with Crippen LogP contribution in [0.5, 0.6) is 0 Å². The van der Waals surface area contributed by atoms with Crippen molar-refractivity contribution in [2.24, 2.45) is 18.2 Å². The van der Waals surface area contributed by atoms with Gasteiger partial charge in [0, 0.05) is 19.5 Å². The Morgan fingerprint density at radius 3 is 2.53 bits per heavy atom. The van der Waals surface area contributed by atoms with E-state index in [1.54, 1.807) is 0 Å². The number of rotatable bonds is 3. The van der Waals surface area contributed by atoms with E-state index in [1.807, 2.05) is 0 Å². The SMILES string of the molecule is Cc1cccc2nc(C(CN)CC(C)(C)C)n(C)c12. The molecule has 1 unspecified atom stereocenters. The summed E-state index contributed by atoms with van der Waals surface area (Å²) < 4.78 is 2.22. The Labute approximate surface area is 115 Å². The minimum atomic E-state index is 0.261. The molecule has 1 atom stereocenters. The molecule has 0 amide bonds. The number of para-hydroxylation sites is 1. The van der Waals surface area contributed by atoms with Crippen molar-refractivity contribution >= 4 is 11.0 Å². The van der Waals surface area contributed by atoms with Gasteiger partial charge in [-0.15, -0.1) is 0 Å². The number of nitrogens with zero attached hydrogens (tertiary/aromatic N) is 2. The minimum Gasteiger partial charge on any atom is -0.331 e. The molecule has 0 bridgehead atoms. The number of imidazole rings is 1. The highest BCUT2D eigenvalue weighted by molar-refractivity contribution is 5.79. The van der Waals surface area contributed by atoms with Crippen molar-refractivity contribution in [2.45, 2.75) is 40.0 Å². The highest BCUT2D eigenvalue weighted by Crippen LogP contribution is 2.31. The Balaban J connectivity index is 2.49. The third kappa shape index (κ3) is 2.81. The Kier molecular flexibility index (Phi) is 3.68. The molecule has 1 aromatic heterocycles. The molecule has 0 radical (unpaired) electrons.